The van der Waals surface area contributed by atoms with Crippen LogP contribution in [0.3, 0.4) is 0 Å². The molecule has 1 aromatic heterocycles. The molecule has 17 heavy (non-hydrogen) atoms. The van der Waals surface area contributed by atoms with E-state index in [1.165, 1.54) is 37.8 Å². The maximum Gasteiger partial charge on any atom is 0.0949 e. The lowest BCUT2D eigenvalue weighted by Crippen LogP contribution is -2.17. The van der Waals surface area contributed by atoms with Gasteiger partial charge in [0.05, 0.1) is 12.0 Å². The van der Waals surface area contributed by atoms with Gasteiger partial charge in [0, 0.05) is 25.7 Å². The van der Waals surface area contributed by atoms with Crippen molar-refractivity contribution in [2.24, 2.45) is 0 Å². The average molecular weight is 237 g/mol. The molecule has 0 saturated heterocycles. The molecule has 0 aliphatic carbocycles. The lowest BCUT2D eigenvalue weighted by Gasteiger charge is -2.01. The number of aryl methyl sites for hydroxylation is 1. The first-order valence-electron chi connectivity index (χ1n) is 7.08. The van der Waals surface area contributed by atoms with E-state index in [0.717, 1.165) is 26.1 Å². The van der Waals surface area contributed by atoms with E-state index in [4.69, 9.17) is 0 Å². The summed E-state index contributed by atoms with van der Waals surface area (Å²) in [5.41, 5.74) is 1.21. The third kappa shape index (κ3) is 6.47. The Balaban J connectivity index is 2.14. The fraction of sp³-hybridized carbons (Fsp3) is 0.786. The van der Waals surface area contributed by atoms with Gasteiger partial charge in [-0.05, 0) is 19.4 Å². The number of nitrogens with zero attached hydrogens (tertiary/aromatic N) is 2. The summed E-state index contributed by atoms with van der Waals surface area (Å²) in [6.07, 6.45) is 11.7. The number of aromatic nitrogens is 2. The van der Waals surface area contributed by atoms with E-state index in [0.29, 0.717) is 0 Å². The predicted octanol–water partition coefficient (Wildman–Crippen LogP) is 3.01. The second kappa shape index (κ2) is 9.23. The minimum Gasteiger partial charge on any atom is -0.337 e. The smallest absolute Gasteiger partial charge is 0.0949 e. The van der Waals surface area contributed by atoms with Crippen molar-refractivity contribution in [1.29, 1.82) is 0 Å². The van der Waals surface area contributed by atoms with Crippen LogP contribution in [0.15, 0.2) is 12.5 Å². The molecule has 0 amide bonds. The zero-order chi connectivity index (χ0) is 12.3. The van der Waals surface area contributed by atoms with Crippen LogP contribution in [0.25, 0.3) is 0 Å². The minimum atomic E-state index is 1.04. The van der Waals surface area contributed by atoms with Gasteiger partial charge in [-0.2, -0.15) is 0 Å². The van der Waals surface area contributed by atoms with Gasteiger partial charge in [0.2, 0.25) is 0 Å². The summed E-state index contributed by atoms with van der Waals surface area (Å²) in [7, 11) is 0. The molecular formula is C14H27N3. The molecule has 3 heteroatoms. The molecule has 0 aliphatic rings. The lowest BCUT2D eigenvalue weighted by atomic mass is 10.2. The van der Waals surface area contributed by atoms with Crippen LogP contribution in [0.4, 0.5) is 0 Å². The van der Waals surface area contributed by atoms with E-state index in [1.807, 2.05) is 6.33 Å². The Morgan fingerprint density at radius 1 is 1.12 bits per heavy atom. The van der Waals surface area contributed by atoms with E-state index in [-0.39, 0.29) is 0 Å². The normalized spacial score (nSPS) is 10.9. The highest BCUT2D eigenvalue weighted by Crippen LogP contribution is 2.03. The highest BCUT2D eigenvalue weighted by molar-refractivity contribution is 4.97. The molecule has 0 bridgehead atoms. The first-order chi connectivity index (χ1) is 8.36. The standard InChI is InChI=1S/C14H27N3/c1-3-5-6-7-11-17-12-14(16-13-17)8-10-15-9-4-2/h12-13,15H,3-11H2,1-2H3. The van der Waals surface area contributed by atoms with Crippen molar-refractivity contribution in [1.82, 2.24) is 14.9 Å². The molecule has 0 aliphatic heterocycles. The quantitative estimate of drug-likeness (QED) is 0.634. The lowest BCUT2D eigenvalue weighted by molar-refractivity contribution is 0.581. The summed E-state index contributed by atoms with van der Waals surface area (Å²) in [6, 6.07) is 0. The average Bonchev–Trinajstić information content (AvgIpc) is 2.78. The number of nitrogens with one attached hydrogen (secondary N) is 1. The van der Waals surface area contributed by atoms with E-state index in [1.54, 1.807) is 0 Å². The van der Waals surface area contributed by atoms with Crippen molar-refractivity contribution in [3.8, 4) is 0 Å². The molecule has 0 aromatic carbocycles. The van der Waals surface area contributed by atoms with Gasteiger partial charge >= 0.3 is 0 Å². The number of hydrogen-bond acceptors (Lipinski definition) is 2. The van der Waals surface area contributed by atoms with Gasteiger partial charge in [0.25, 0.3) is 0 Å². The van der Waals surface area contributed by atoms with Crippen LogP contribution in [0, 0.1) is 0 Å². The van der Waals surface area contributed by atoms with Crippen molar-refractivity contribution in [3.05, 3.63) is 18.2 Å². The Hall–Kier alpha value is -0.830. The maximum atomic E-state index is 4.44. The van der Waals surface area contributed by atoms with Gasteiger partial charge in [0.15, 0.2) is 0 Å². The third-order valence-corrected chi connectivity index (χ3v) is 2.94. The molecule has 98 valence electrons. The second-order valence-electron chi connectivity index (χ2n) is 4.66. The molecule has 0 saturated carbocycles. The molecule has 0 unspecified atom stereocenters. The highest BCUT2D eigenvalue weighted by atomic mass is 15.0. The van der Waals surface area contributed by atoms with Crippen LogP contribution >= 0.6 is 0 Å². The van der Waals surface area contributed by atoms with Crippen LogP contribution in [-0.2, 0) is 13.0 Å². The Kier molecular flexibility index (Phi) is 7.72. The topological polar surface area (TPSA) is 29.9 Å². The fourth-order valence-electron chi connectivity index (χ4n) is 1.90. The molecule has 0 atom stereocenters. The summed E-state index contributed by atoms with van der Waals surface area (Å²) in [5, 5.41) is 3.40. The van der Waals surface area contributed by atoms with Crippen molar-refractivity contribution in [3.63, 3.8) is 0 Å². The predicted molar refractivity (Wildman–Crippen MR) is 73.2 cm³/mol. The zero-order valence-corrected chi connectivity index (χ0v) is 11.4. The maximum absolute atomic E-state index is 4.44. The van der Waals surface area contributed by atoms with Crippen molar-refractivity contribution < 1.29 is 0 Å². The van der Waals surface area contributed by atoms with Crippen LogP contribution in [-0.4, -0.2) is 22.6 Å². The van der Waals surface area contributed by atoms with E-state index >= 15 is 0 Å². The summed E-state index contributed by atoms with van der Waals surface area (Å²) in [6.45, 7) is 7.71. The summed E-state index contributed by atoms with van der Waals surface area (Å²) in [4.78, 5) is 4.44. The molecule has 1 aromatic rings. The van der Waals surface area contributed by atoms with Gasteiger partial charge in [-0.15, -0.1) is 0 Å². The molecule has 1 rings (SSSR count). The van der Waals surface area contributed by atoms with Gasteiger partial charge in [0.1, 0.15) is 0 Å². The zero-order valence-electron chi connectivity index (χ0n) is 11.4. The number of hydrogen-bond donors (Lipinski definition) is 1. The monoisotopic (exact) mass is 237 g/mol. The molecule has 0 spiro atoms. The number of unbranched alkanes of at least 4 members (excludes halogenated alkanes) is 3. The molecular weight excluding hydrogens is 210 g/mol. The largest absolute Gasteiger partial charge is 0.337 e. The first-order valence-corrected chi connectivity index (χ1v) is 7.08. The Labute approximate surface area is 106 Å². The molecule has 0 radical (unpaired) electrons. The van der Waals surface area contributed by atoms with Crippen molar-refractivity contribution in [2.75, 3.05) is 13.1 Å². The van der Waals surface area contributed by atoms with Crippen molar-refractivity contribution >= 4 is 0 Å². The van der Waals surface area contributed by atoms with Crippen molar-refractivity contribution in [2.45, 2.75) is 58.9 Å². The first kappa shape index (κ1) is 14.2. The summed E-state index contributed by atoms with van der Waals surface area (Å²) in [5.74, 6) is 0. The Morgan fingerprint density at radius 3 is 2.76 bits per heavy atom. The molecule has 1 N–H and O–H groups in total. The van der Waals surface area contributed by atoms with Gasteiger partial charge < -0.3 is 9.88 Å². The molecule has 1 heterocycles. The fourth-order valence-corrected chi connectivity index (χ4v) is 1.90. The SMILES string of the molecule is CCCCCCn1cnc(CCNCCC)c1. The van der Waals surface area contributed by atoms with E-state index in [2.05, 4.69) is 34.9 Å². The highest BCUT2D eigenvalue weighted by Gasteiger charge is 1.98. The third-order valence-electron chi connectivity index (χ3n) is 2.94. The Morgan fingerprint density at radius 2 is 2.00 bits per heavy atom. The van der Waals surface area contributed by atoms with Crippen LogP contribution in [0.2, 0.25) is 0 Å². The van der Waals surface area contributed by atoms with Crippen LogP contribution in [0.1, 0.15) is 51.6 Å². The van der Waals surface area contributed by atoms with Crippen LogP contribution < -0.4 is 5.32 Å². The van der Waals surface area contributed by atoms with Gasteiger partial charge in [-0.25, -0.2) is 4.98 Å². The van der Waals surface area contributed by atoms with E-state index in [9.17, 15) is 0 Å². The summed E-state index contributed by atoms with van der Waals surface area (Å²) >= 11 is 0. The van der Waals surface area contributed by atoms with Gasteiger partial charge in [-0.3, -0.25) is 0 Å². The van der Waals surface area contributed by atoms with Crippen LogP contribution in [0.5, 0.6) is 0 Å². The molecule has 0 fully saturated rings. The summed E-state index contributed by atoms with van der Waals surface area (Å²) < 4.78 is 2.23. The minimum absolute atomic E-state index is 1.04. The van der Waals surface area contributed by atoms with Gasteiger partial charge in [-0.1, -0.05) is 33.1 Å². The second-order valence-corrected chi connectivity index (χ2v) is 4.66. The number of imidazole rings is 1. The molecule has 3 nitrogen and oxygen atoms in total. The van der Waals surface area contributed by atoms with E-state index < -0.39 is 0 Å². The number of rotatable bonds is 10. The Bertz CT molecular complexity index is 254.